The summed E-state index contributed by atoms with van der Waals surface area (Å²) >= 11 is 0. The van der Waals surface area contributed by atoms with Crippen LogP contribution in [0.4, 0.5) is 5.69 Å². The minimum Gasteiger partial charge on any atom is -0.496 e. The van der Waals surface area contributed by atoms with Crippen LogP contribution < -0.4 is 24.5 Å². The Kier molecular flexibility index (Phi) is 22.6. The zero-order valence-electron chi connectivity index (χ0n) is 40.5. The molecule has 2 aromatic rings. The fourth-order valence-electron chi connectivity index (χ4n) is 6.21. The number of hydrogen-bond acceptors (Lipinski definition) is 26. The van der Waals surface area contributed by atoms with Crippen LogP contribution in [0.1, 0.15) is 34.6 Å². The van der Waals surface area contributed by atoms with Gasteiger partial charge in [0.15, 0.2) is 5.43 Å². The largest absolute Gasteiger partial charge is 0.496 e. The van der Waals surface area contributed by atoms with Gasteiger partial charge in [-0.2, -0.15) is 0 Å². The Bertz CT molecular complexity index is 2580. The monoisotopic (exact) mass is 1030 g/mol. The maximum Gasteiger partial charge on any atom is 0.328 e. The SMILES string of the molecule is COc1cc(N(CC(=O)OCOC(C)=O)CC(=O)OCOC(C)=O)c(OCCOCCN(CC(=O)OCOC(C)=O)CC(=O)OCOC(C)=O)cc1-c1c2ccc(=O)cc-2oc2cc(OCOC(C)=O)ccc12. The lowest BCUT2D eigenvalue weighted by molar-refractivity contribution is -0.170. The van der Waals surface area contributed by atoms with Crippen LogP contribution in [-0.4, -0.2) is 152 Å². The molecule has 0 amide bonds. The first kappa shape index (κ1) is 57.1. The molecular formula is C47H52N2O24. The fraction of sp³-hybridized carbons (Fsp3) is 0.404. The third-order valence-electron chi connectivity index (χ3n) is 9.35. The molecule has 0 N–H and O–H groups in total. The van der Waals surface area contributed by atoms with Crippen molar-refractivity contribution in [2.45, 2.75) is 34.6 Å². The van der Waals surface area contributed by atoms with Crippen LogP contribution in [0.3, 0.4) is 0 Å². The Morgan fingerprint density at radius 1 is 0.507 bits per heavy atom. The van der Waals surface area contributed by atoms with Crippen LogP contribution in [-0.2, 0) is 90.5 Å². The van der Waals surface area contributed by atoms with E-state index in [0.29, 0.717) is 22.1 Å². The number of carbonyl (C=O) groups excluding carboxylic acids is 9. The molecule has 26 nitrogen and oxygen atoms in total. The van der Waals surface area contributed by atoms with Crippen LogP contribution in [0.25, 0.3) is 33.4 Å². The standard InChI is InChI=1S/C47H52N2O24/c1-28(50)63-23-68-34-8-10-36-41(16-34)73-40-15-33(55)7-9-35(40)47(36)37-17-42(38(18-39(37)60-6)49(21-45(58)71-26-66-31(4)53)22-46(59)72-27-67-32(5)54)62-14-13-61-12-11-48(19-43(56)69-24-64-29(2)51)20-44(57)70-25-65-30(3)52/h7-10,15-18H,11-14,19-27H2,1-6H3. The number of fused-ring (bicyclic) bond motifs is 2. The molecule has 0 bridgehead atoms. The van der Waals surface area contributed by atoms with E-state index in [1.54, 1.807) is 12.1 Å². The van der Waals surface area contributed by atoms with Gasteiger partial charge < -0.3 is 70.9 Å². The predicted molar refractivity (Wildman–Crippen MR) is 244 cm³/mol. The van der Waals surface area contributed by atoms with E-state index in [0.717, 1.165) is 27.7 Å². The van der Waals surface area contributed by atoms with E-state index >= 15 is 0 Å². The first-order chi connectivity index (χ1) is 34.8. The van der Waals surface area contributed by atoms with Crippen molar-refractivity contribution in [2.75, 3.05) is 98.5 Å². The van der Waals surface area contributed by atoms with Crippen molar-refractivity contribution in [3.63, 3.8) is 0 Å². The molecular weight excluding hydrogens is 977 g/mol. The average molecular weight is 1030 g/mol. The van der Waals surface area contributed by atoms with Gasteiger partial charge >= 0.3 is 53.7 Å². The zero-order valence-corrected chi connectivity index (χ0v) is 40.5. The summed E-state index contributed by atoms with van der Waals surface area (Å²) in [4.78, 5) is 123. The number of ether oxygens (including phenoxy) is 13. The molecule has 26 heteroatoms. The Morgan fingerprint density at radius 2 is 1.03 bits per heavy atom. The van der Waals surface area contributed by atoms with E-state index < -0.39 is 114 Å². The first-order valence-electron chi connectivity index (χ1n) is 21.7. The molecule has 0 aromatic heterocycles. The summed E-state index contributed by atoms with van der Waals surface area (Å²) < 4.78 is 73.4. The summed E-state index contributed by atoms with van der Waals surface area (Å²) in [6.45, 7) is -0.631. The van der Waals surface area contributed by atoms with Gasteiger partial charge in [-0.15, -0.1) is 0 Å². The molecule has 2 aliphatic rings. The van der Waals surface area contributed by atoms with E-state index in [9.17, 15) is 47.9 Å². The van der Waals surface area contributed by atoms with Gasteiger partial charge in [-0.05, 0) is 30.3 Å². The Morgan fingerprint density at radius 3 is 1.55 bits per heavy atom. The molecule has 73 heavy (non-hydrogen) atoms. The van der Waals surface area contributed by atoms with Crippen molar-refractivity contribution >= 4 is 70.4 Å². The molecule has 0 unspecified atom stereocenters. The summed E-state index contributed by atoms with van der Waals surface area (Å²) in [5.74, 6) is -6.68. The molecule has 0 spiro atoms. The number of methoxy groups -OCH3 is 1. The van der Waals surface area contributed by atoms with Crippen LogP contribution in [0.2, 0.25) is 0 Å². The van der Waals surface area contributed by atoms with Crippen molar-refractivity contribution in [1.82, 2.24) is 4.90 Å². The highest BCUT2D eigenvalue weighted by molar-refractivity contribution is 6.04. The van der Waals surface area contributed by atoms with Gasteiger partial charge in [-0.3, -0.25) is 52.8 Å². The fourth-order valence-corrected chi connectivity index (χ4v) is 6.21. The normalized spacial score (nSPS) is 10.7. The number of anilines is 1. The summed E-state index contributed by atoms with van der Waals surface area (Å²) in [6.07, 6.45) is 0. The number of hydrogen-bond donors (Lipinski definition) is 0. The molecule has 1 aliphatic heterocycles. The minimum atomic E-state index is -0.983. The van der Waals surface area contributed by atoms with Crippen molar-refractivity contribution in [3.8, 4) is 39.7 Å². The first-order valence-corrected chi connectivity index (χ1v) is 21.7. The molecule has 2 aromatic carbocycles. The maximum atomic E-state index is 13.2. The van der Waals surface area contributed by atoms with Crippen molar-refractivity contribution in [3.05, 3.63) is 58.8 Å². The number of nitrogens with zero attached hydrogens (tertiary/aromatic N) is 2. The lowest BCUT2D eigenvalue weighted by Gasteiger charge is -2.27. The van der Waals surface area contributed by atoms with Crippen LogP contribution >= 0.6 is 0 Å². The second-order valence-corrected chi connectivity index (χ2v) is 14.8. The number of rotatable bonds is 29. The van der Waals surface area contributed by atoms with E-state index in [1.807, 2.05) is 0 Å². The summed E-state index contributed by atoms with van der Waals surface area (Å²) in [5, 5.41) is 0.460. The van der Waals surface area contributed by atoms with Crippen LogP contribution in [0.5, 0.6) is 17.2 Å². The predicted octanol–water partition coefficient (Wildman–Crippen LogP) is 2.23. The van der Waals surface area contributed by atoms with Gasteiger partial charge in [0.25, 0.3) is 0 Å². The van der Waals surface area contributed by atoms with Gasteiger partial charge in [0.05, 0.1) is 39.1 Å². The highest BCUT2D eigenvalue weighted by atomic mass is 16.7. The lowest BCUT2D eigenvalue weighted by Crippen LogP contribution is -2.38. The summed E-state index contributed by atoms with van der Waals surface area (Å²) in [6, 6.07) is 11.8. The van der Waals surface area contributed by atoms with Gasteiger partial charge in [0.2, 0.25) is 34.0 Å². The minimum absolute atomic E-state index is 0.0171. The van der Waals surface area contributed by atoms with Gasteiger partial charge in [0, 0.05) is 81.4 Å². The lowest BCUT2D eigenvalue weighted by atomic mass is 9.92. The van der Waals surface area contributed by atoms with Crippen LogP contribution in [0.15, 0.2) is 57.7 Å². The summed E-state index contributed by atoms with van der Waals surface area (Å²) in [7, 11) is 1.35. The Balaban J connectivity index is 1.75. The van der Waals surface area contributed by atoms with E-state index in [1.165, 1.54) is 60.2 Å². The highest BCUT2D eigenvalue weighted by Gasteiger charge is 2.27. The van der Waals surface area contributed by atoms with Crippen molar-refractivity contribution < 1.29 is 109 Å². The quantitative estimate of drug-likeness (QED) is 0.0247. The zero-order chi connectivity index (χ0) is 53.5. The van der Waals surface area contributed by atoms with E-state index in [-0.39, 0.29) is 66.1 Å². The molecule has 0 fully saturated rings. The molecule has 0 saturated carbocycles. The molecule has 0 saturated heterocycles. The molecule has 394 valence electrons. The van der Waals surface area contributed by atoms with Gasteiger partial charge in [0.1, 0.15) is 48.3 Å². The second-order valence-electron chi connectivity index (χ2n) is 14.8. The molecule has 0 radical (unpaired) electrons. The second kappa shape index (κ2) is 29.0. The van der Waals surface area contributed by atoms with Gasteiger partial charge in [-0.25, -0.2) is 0 Å². The Hall–Kier alpha value is -8.52. The summed E-state index contributed by atoms with van der Waals surface area (Å²) in [5.41, 5.74) is 1.06. The van der Waals surface area contributed by atoms with Crippen LogP contribution in [0, 0.1) is 0 Å². The molecule has 0 atom stereocenters. The van der Waals surface area contributed by atoms with Crippen molar-refractivity contribution in [2.24, 2.45) is 0 Å². The third-order valence-corrected chi connectivity index (χ3v) is 9.35. The Labute approximate surface area is 415 Å². The van der Waals surface area contributed by atoms with E-state index in [4.69, 9.17) is 56.5 Å². The highest BCUT2D eigenvalue weighted by Crippen LogP contribution is 2.47. The van der Waals surface area contributed by atoms with Gasteiger partial charge in [-0.1, -0.05) is 0 Å². The number of benzene rings is 3. The maximum absolute atomic E-state index is 13.2. The molecule has 1 heterocycles. The molecule has 1 aliphatic carbocycles. The van der Waals surface area contributed by atoms with Crippen molar-refractivity contribution in [1.29, 1.82) is 0 Å². The number of carbonyl (C=O) groups is 9. The topological polar surface area (TPSA) is 310 Å². The average Bonchev–Trinajstić information content (AvgIpc) is 3.30. The third kappa shape index (κ3) is 19.7. The number of esters is 9. The smallest absolute Gasteiger partial charge is 0.328 e. The van der Waals surface area contributed by atoms with E-state index in [2.05, 4.69) is 9.47 Å². The molecule has 4 rings (SSSR count).